The molecule has 0 aliphatic heterocycles. The van der Waals surface area contributed by atoms with E-state index in [2.05, 4.69) is 116 Å². The van der Waals surface area contributed by atoms with E-state index in [1.165, 1.54) is 22.5 Å². The standard InChI is InChI=1S/C35H27N3OS/c1-22-14-16-28(17-15-22)37-30(25-10-6-4-7-11-25)20-27(33(37)26-12-8-5-9-13-26)21-32-34(39)38-31-19-24(3)23(2)18-29(31)36-35(38)40-32/h4-21H,1-3H3/b32-21+. The summed E-state index contributed by atoms with van der Waals surface area (Å²) in [4.78, 5) is 19.3. The Morgan fingerprint density at radius 1 is 0.750 bits per heavy atom. The predicted octanol–water partition coefficient (Wildman–Crippen LogP) is 7.51. The van der Waals surface area contributed by atoms with Crippen molar-refractivity contribution in [3.8, 4) is 28.2 Å². The molecule has 3 aromatic heterocycles. The molecule has 40 heavy (non-hydrogen) atoms. The molecule has 0 N–H and O–H groups in total. The maximum atomic E-state index is 13.8. The fraction of sp³-hybridized carbons (Fsp3) is 0.0857. The monoisotopic (exact) mass is 537 g/mol. The molecule has 0 saturated carbocycles. The zero-order valence-corrected chi connectivity index (χ0v) is 23.4. The van der Waals surface area contributed by atoms with Crippen molar-refractivity contribution in [1.82, 2.24) is 14.0 Å². The van der Waals surface area contributed by atoms with Crippen LogP contribution < -0.4 is 10.1 Å². The normalized spacial score (nSPS) is 12.1. The van der Waals surface area contributed by atoms with E-state index in [1.807, 2.05) is 18.2 Å². The average Bonchev–Trinajstić information content (AvgIpc) is 3.61. The highest BCUT2D eigenvalue weighted by molar-refractivity contribution is 7.15. The maximum absolute atomic E-state index is 13.8. The predicted molar refractivity (Wildman–Crippen MR) is 166 cm³/mol. The van der Waals surface area contributed by atoms with Crippen molar-refractivity contribution in [2.24, 2.45) is 0 Å². The lowest BCUT2D eigenvalue weighted by atomic mass is 10.1. The zero-order valence-electron chi connectivity index (χ0n) is 22.6. The number of fused-ring (bicyclic) bond motifs is 3. The van der Waals surface area contributed by atoms with Gasteiger partial charge in [-0.05, 0) is 79.4 Å². The van der Waals surface area contributed by atoms with Gasteiger partial charge in [-0.15, -0.1) is 0 Å². The lowest BCUT2D eigenvalue weighted by Crippen LogP contribution is -2.22. The van der Waals surface area contributed by atoms with E-state index in [1.54, 1.807) is 4.40 Å². The minimum Gasteiger partial charge on any atom is -0.309 e. The van der Waals surface area contributed by atoms with E-state index >= 15 is 0 Å². The number of hydrogen-bond acceptors (Lipinski definition) is 3. The molecule has 0 unspecified atom stereocenters. The number of thiazole rings is 1. The summed E-state index contributed by atoms with van der Waals surface area (Å²) in [5.74, 6) is 0. The topological polar surface area (TPSA) is 39.3 Å². The quantitative estimate of drug-likeness (QED) is 0.233. The zero-order chi connectivity index (χ0) is 27.4. The van der Waals surface area contributed by atoms with Crippen molar-refractivity contribution >= 4 is 33.4 Å². The highest BCUT2D eigenvalue weighted by Crippen LogP contribution is 2.36. The molecule has 5 heteroatoms. The van der Waals surface area contributed by atoms with Crippen LogP contribution in [0.5, 0.6) is 0 Å². The Bertz CT molecular complexity index is 2130. The van der Waals surface area contributed by atoms with Crippen LogP contribution >= 0.6 is 11.3 Å². The van der Waals surface area contributed by atoms with E-state index in [-0.39, 0.29) is 5.56 Å². The summed E-state index contributed by atoms with van der Waals surface area (Å²) < 4.78 is 4.73. The summed E-state index contributed by atoms with van der Waals surface area (Å²) in [5, 5.41) is 0. The van der Waals surface area contributed by atoms with Gasteiger partial charge in [0, 0.05) is 11.3 Å². The van der Waals surface area contributed by atoms with Crippen LogP contribution in [-0.2, 0) is 0 Å². The molecule has 0 aliphatic rings. The van der Waals surface area contributed by atoms with E-state index in [4.69, 9.17) is 4.98 Å². The SMILES string of the molecule is Cc1ccc(-n2c(-c3ccccc3)cc(/C=c3/sc4nc5cc(C)c(C)cc5n4c3=O)c2-c2ccccc2)cc1. The molecular formula is C35H27N3OS. The number of benzene rings is 4. The molecule has 7 rings (SSSR count). The Morgan fingerprint density at radius 3 is 2.10 bits per heavy atom. The highest BCUT2D eigenvalue weighted by atomic mass is 32.1. The van der Waals surface area contributed by atoms with Gasteiger partial charge in [-0.25, -0.2) is 9.38 Å². The van der Waals surface area contributed by atoms with Gasteiger partial charge in [0.05, 0.1) is 27.0 Å². The van der Waals surface area contributed by atoms with E-state index < -0.39 is 0 Å². The van der Waals surface area contributed by atoms with Crippen LogP contribution in [0.15, 0.2) is 108 Å². The van der Waals surface area contributed by atoms with Gasteiger partial charge in [0.25, 0.3) is 5.56 Å². The second kappa shape index (κ2) is 9.47. The van der Waals surface area contributed by atoms with Crippen molar-refractivity contribution in [2.75, 3.05) is 0 Å². The Hall–Kier alpha value is -4.74. The fourth-order valence-electron chi connectivity index (χ4n) is 5.37. The Morgan fingerprint density at radius 2 is 1.40 bits per heavy atom. The molecule has 4 aromatic carbocycles. The summed E-state index contributed by atoms with van der Waals surface area (Å²) in [6.45, 7) is 6.25. The minimum absolute atomic E-state index is 0.0332. The molecule has 194 valence electrons. The van der Waals surface area contributed by atoms with Gasteiger partial charge in [-0.1, -0.05) is 89.7 Å². The third-order valence-corrected chi connectivity index (χ3v) is 8.55. The third-order valence-electron chi connectivity index (χ3n) is 7.58. The number of aryl methyl sites for hydroxylation is 3. The molecule has 0 fully saturated rings. The van der Waals surface area contributed by atoms with Crippen molar-refractivity contribution < 1.29 is 0 Å². The molecule has 7 aromatic rings. The van der Waals surface area contributed by atoms with E-state index in [0.29, 0.717) is 4.53 Å². The van der Waals surface area contributed by atoms with Crippen molar-refractivity contribution in [3.05, 3.63) is 140 Å². The van der Waals surface area contributed by atoms with Gasteiger partial charge >= 0.3 is 0 Å². The fourth-order valence-corrected chi connectivity index (χ4v) is 6.35. The van der Waals surface area contributed by atoms with Crippen LogP contribution in [0.1, 0.15) is 22.3 Å². The molecule has 0 saturated heterocycles. The molecule has 3 heterocycles. The van der Waals surface area contributed by atoms with Crippen LogP contribution in [0, 0.1) is 20.8 Å². The van der Waals surface area contributed by atoms with Crippen LogP contribution in [0.25, 0.3) is 50.3 Å². The van der Waals surface area contributed by atoms with Crippen LogP contribution in [0.4, 0.5) is 0 Å². The largest absolute Gasteiger partial charge is 0.309 e. The van der Waals surface area contributed by atoms with E-state index in [9.17, 15) is 4.79 Å². The summed E-state index contributed by atoms with van der Waals surface area (Å²) >= 11 is 1.44. The van der Waals surface area contributed by atoms with Crippen molar-refractivity contribution in [1.29, 1.82) is 0 Å². The first-order chi connectivity index (χ1) is 19.5. The maximum Gasteiger partial charge on any atom is 0.274 e. The van der Waals surface area contributed by atoms with E-state index in [0.717, 1.165) is 55.3 Å². The van der Waals surface area contributed by atoms with Crippen molar-refractivity contribution in [2.45, 2.75) is 20.8 Å². The highest BCUT2D eigenvalue weighted by Gasteiger charge is 2.19. The summed E-state index contributed by atoms with van der Waals surface area (Å²) in [7, 11) is 0. The van der Waals surface area contributed by atoms with Gasteiger partial charge < -0.3 is 4.57 Å². The molecule has 0 radical (unpaired) electrons. The summed E-state index contributed by atoms with van der Waals surface area (Å²) in [5.41, 5.74) is 11.6. The first kappa shape index (κ1) is 24.3. The average molecular weight is 538 g/mol. The third kappa shape index (κ3) is 3.98. The summed E-state index contributed by atoms with van der Waals surface area (Å²) in [6.07, 6.45) is 2.04. The Labute approximate surface area is 236 Å². The molecule has 0 amide bonds. The second-order valence-electron chi connectivity index (χ2n) is 10.3. The Balaban J connectivity index is 1.55. The number of aromatic nitrogens is 3. The molecule has 4 nitrogen and oxygen atoms in total. The molecule has 0 atom stereocenters. The number of nitrogens with zero attached hydrogens (tertiary/aromatic N) is 3. The second-order valence-corrected chi connectivity index (χ2v) is 11.3. The number of imidazole rings is 1. The molecule has 0 spiro atoms. The van der Waals surface area contributed by atoms with Gasteiger partial charge in [-0.2, -0.15) is 0 Å². The summed E-state index contributed by atoms with van der Waals surface area (Å²) in [6, 6.07) is 35.8. The minimum atomic E-state index is -0.0332. The number of rotatable bonds is 4. The van der Waals surface area contributed by atoms with Gasteiger partial charge in [0.2, 0.25) is 0 Å². The van der Waals surface area contributed by atoms with Gasteiger partial charge in [-0.3, -0.25) is 4.79 Å². The van der Waals surface area contributed by atoms with Crippen LogP contribution in [0.2, 0.25) is 0 Å². The molecular weight excluding hydrogens is 510 g/mol. The lowest BCUT2D eigenvalue weighted by Gasteiger charge is -2.15. The first-order valence-electron chi connectivity index (χ1n) is 13.4. The lowest BCUT2D eigenvalue weighted by molar-refractivity contribution is 1.09. The first-order valence-corrected chi connectivity index (χ1v) is 14.2. The molecule has 0 aliphatic carbocycles. The van der Waals surface area contributed by atoms with Gasteiger partial charge in [0.15, 0.2) is 4.96 Å². The van der Waals surface area contributed by atoms with Gasteiger partial charge in [0.1, 0.15) is 0 Å². The number of hydrogen-bond donors (Lipinski definition) is 0. The smallest absolute Gasteiger partial charge is 0.274 e. The van der Waals surface area contributed by atoms with Crippen LogP contribution in [0.3, 0.4) is 0 Å². The molecule has 0 bridgehead atoms. The Kier molecular flexibility index (Phi) is 5.76. The van der Waals surface area contributed by atoms with Crippen LogP contribution in [-0.4, -0.2) is 14.0 Å². The van der Waals surface area contributed by atoms with Crippen molar-refractivity contribution in [3.63, 3.8) is 0 Å².